The monoisotopic (exact) mass is 274 g/mol. The molecule has 0 spiro atoms. The van der Waals surface area contributed by atoms with Gasteiger partial charge in [-0.2, -0.15) is 11.3 Å². The van der Waals surface area contributed by atoms with Gasteiger partial charge in [0.25, 0.3) is 0 Å². The van der Waals surface area contributed by atoms with Crippen molar-refractivity contribution in [1.82, 2.24) is 9.55 Å². The van der Waals surface area contributed by atoms with Gasteiger partial charge in [0.05, 0.1) is 23.1 Å². The first-order valence-corrected chi connectivity index (χ1v) is 6.57. The van der Waals surface area contributed by atoms with Gasteiger partial charge in [-0.15, -0.1) is 0 Å². The first kappa shape index (κ1) is 11.7. The fourth-order valence-electron chi connectivity index (χ4n) is 2.11. The molecule has 3 rings (SSSR count). The third-order valence-corrected chi connectivity index (χ3v) is 3.68. The summed E-state index contributed by atoms with van der Waals surface area (Å²) in [5, 5.41) is 13.1. The zero-order chi connectivity index (χ0) is 13.4. The van der Waals surface area contributed by atoms with Crippen molar-refractivity contribution >= 4 is 28.3 Å². The molecule has 2 aromatic heterocycles. The molecule has 6 heteroatoms. The largest absolute Gasteiger partial charge is 0.478 e. The van der Waals surface area contributed by atoms with E-state index >= 15 is 0 Å². The van der Waals surface area contributed by atoms with E-state index in [-0.39, 0.29) is 11.3 Å². The van der Waals surface area contributed by atoms with E-state index < -0.39 is 5.97 Å². The Bertz CT molecular complexity index is 799. The summed E-state index contributed by atoms with van der Waals surface area (Å²) in [6.45, 7) is 0.368. The summed E-state index contributed by atoms with van der Waals surface area (Å²) in [6.07, 6.45) is 0. The lowest BCUT2D eigenvalue weighted by Gasteiger charge is -2.04. The number of aromatic amines is 1. The molecule has 2 heterocycles. The summed E-state index contributed by atoms with van der Waals surface area (Å²) in [5.41, 5.74) is 1.79. The molecule has 2 N–H and O–H groups in total. The number of imidazole rings is 1. The Morgan fingerprint density at radius 2 is 2.21 bits per heavy atom. The van der Waals surface area contributed by atoms with Crippen molar-refractivity contribution in [2.24, 2.45) is 0 Å². The summed E-state index contributed by atoms with van der Waals surface area (Å²) in [7, 11) is 0. The van der Waals surface area contributed by atoms with E-state index in [1.54, 1.807) is 23.5 Å². The van der Waals surface area contributed by atoms with Crippen LogP contribution in [0.5, 0.6) is 0 Å². The fourth-order valence-corrected chi connectivity index (χ4v) is 2.77. The van der Waals surface area contributed by atoms with Gasteiger partial charge < -0.3 is 10.1 Å². The first-order chi connectivity index (χ1) is 9.16. The number of fused-ring (bicyclic) bond motifs is 1. The van der Waals surface area contributed by atoms with Crippen LogP contribution in [0, 0.1) is 0 Å². The van der Waals surface area contributed by atoms with Crippen LogP contribution < -0.4 is 5.69 Å². The van der Waals surface area contributed by atoms with Crippen molar-refractivity contribution in [2.45, 2.75) is 6.54 Å². The van der Waals surface area contributed by atoms with Crippen LogP contribution in [-0.4, -0.2) is 20.6 Å². The average Bonchev–Trinajstić information content (AvgIpc) is 2.98. The zero-order valence-corrected chi connectivity index (χ0v) is 10.6. The fraction of sp³-hybridized carbons (Fsp3) is 0.0769. The third kappa shape index (κ3) is 1.96. The molecule has 0 saturated heterocycles. The number of carboxylic acid groups (broad SMARTS) is 1. The smallest absolute Gasteiger partial charge is 0.337 e. The van der Waals surface area contributed by atoms with Crippen molar-refractivity contribution in [3.8, 4) is 0 Å². The van der Waals surface area contributed by atoms with Gasteiger partial charge in [-0.1, -0.05) is 6.07 Å². The number of nitrogens with one attached hydrogen (secondary N) is 1. The molecule has 0 aliphatic heterocycles. The maximum absolute atomic E-state index is 12.0. The van der Waals surface area contributed by atoms with Crippen LogP contribution in [0.4, 0.5) is 0 Å². The summed E-state index contributed by atoms with van der Waals surface area (Å²) in [4.78, 5) is 25.9. The highest BCUT2D eigenvalue weighted by atomic mass is 32.1. The highest BCUT2D eigenvalue weighted by Gasteiger charge is 2.15. The number of benzene rings is 1. The van der Waals surface area contributed by atoms with Gasteiger partial charge in [-0.3, -0.25) is 4.57 Å². The van der Waals surface area contributed by atoms with E-state index in [4.69, 9.17) is 0 Å². The zero-order valence-electron chi connectivity index (χ0n) is 9.79. The number of thiophene rings is 1. The Hall–Kier alpha value is -2.34. The quantitative estimate of drug-likeness (QED) is 0.768. The van der Waals surface area contributed by atoms with Crippen molar-refractivity contribution in [1.29, 1.82) is 0 Å². The minimum absolute atomic E-state index is 0.131. The molecule has 3 aromatic rings. The highest BCUT2D eigenvalue weighted by Crippen LogP contribution is 2.18. The third-order valence-electron chi connectivity index (χ3n) is 2.94. The van der Waals surface area contributed by atoms with Gasteiger partial charge in [-0.25, -0.2) is 9.59 Å². The van der Waals surface area contributed by atoms with Crippen LogP contribution in [0.15, 0.2) is 39.8 Å². The van der Waals surface area contributed by atoms with E-state index in [9.17, 15) is 14.7 Å². The number of aromatic carboxylic acids is 1. The molecular weight excluding hydrogens is 264 g/mol. The molecule has 0 fully saturated rings. The molecule has 1 aromatic carbocycles. The molecule has 0 bridgehead atoms. The molecular formula is C13H10N2O3S. The van der Waals surface area contributed by atoms with Crippen molar-refractivity contribution in [3.05, 3.63) is 56.6 Å². The minimum Gasteiger partial charge on any atom is -0.478 e. The molecule has 96 valence electrons. The molecule has 0 aliphatic carbocycles. The van der Waals surface area contributed by atoms with Gasteiger partial charge in [0, 0.05) is 0 Å². The summed E-state index contributed by atoms with van der Waals surface area (Å²) in [6, 6.07) is 6.74. The maximum atomic E-state index is 12.0. The van der Waals surface area contributed by atoms with Gasteiger partial charge in [0.1, 0.15) is 0 Å². The second-order valence-electron chi connectivity index (χ2n) is 4.15. The van der Waals surface area contributed by atoms with Gasteiger partial charge in [-0.05, 0) is 34.5 Å². The van der Waals surface area contributed by atoms with Gasteiger partial charge >= 0.3 is 11.7 Å². The summed E-state index contributed by atoms with van der Waals surface area (Å²) in [5.74, 6) is -1.04. The second kappa shape index (κ2) is 4.40. The summed E-state index contributed by atoms with van der Waals surface area (Å²) >= 11 is 1.54. The minimum atomic E-state index is -1.04. The predicted octanol–water partition coefficient (Wildman–Crippen LogP) is 2.14. The number of aromatic nitrogens is 2. The molecule has 0 aliphatic rings. The van der Waals surface area contributed by atoms with Gasteiger partial charge in [0.15, 0.2) is 0 Å². The molecule has 0 atom stereocenters. The van der Waals surface area contributed by atoms with E-state index in [2.05, 4.69) is 4.98 Å². The van der Waals surface area contributed by atoms with E-state index in [0.717, 1.165) is 5.56 Å². The number of H-pyrrole nitrogens is 1. The normalized spacial score (nSPS) is 10.9. The van der Waals surface area contributed by atoms with E-state index in [1.165, 1.54) is 10.6 Å². The lowest BCUT2D eigenvalue weighted by molar-refractivity contribution is 0.0698. The first-order valence-electron chi connectivity index (χ1n) is 5.62. The molecule has 19 heavy (non-hydrogen) atoms. The lowest BCUT2D eigenvalue weighted by Crippen LogP contribution is -2.18. The van der Waals surface area contributed by atoms with Crippen LogP contribution >= 0.6 is 11.3 Å². The van der Waals surface area contributed by atoms with Crippen molar-refractivity contribution < 1.29 is 9.90 Å². The number of nitrogens with zero attached hydrogens (tertiary/aromatic N) is 1. The highest BCUT2D eigenvalue weighted by molar-refractivity contribution is 7.07. The molecule has 0 radical (unpaired) electrons. The van der Waals surface area contributed by atoms with Crippen LogP contribution in [-0.2, 0) is 6.54 Å². The Labute approximate surface area is 111 Å². The van der Waals surface area contributed by atoms with E-state index in [0.29, 0.717) is 17.6 Å². The van der Waals surface area contributed by atoms with Crippen LogP contribution in [0.2, 0.25) is 0 Å². The lowest BCUT2D eigenvalue weighted by atomic mass is 10.2. The standard InChI is InChI=1S/C13H10N2O3S/c16-12(17)9-2-1-3-10-11(9)15(13(18)14-10)6-8-4-5-19-7-8/h1-5,7H,6H2,(H,14,18)(H,16,17). The van der Waals surface area contributed by atoms with Crippen molar-refractivity contribution in [3.63, 3.8) is 0 Å². The van der Waals surface area contributed by atoms with Gasteiger partial charge in [0.2, 0.25) is 0 Å². The molecule has 5 nitrogen and oxygen atoms in total. The number of hydrogen-bond donors (Lipinski definition) is 2. The number of hydrogen-bond acceptors (Lipinski definition) is 3. The molecule has 0 amide bonds. The second-order valence-corrected chi connectivity index (χ2v) is 4.93. The molecule has 0 unspecified atom stereocenters. The number of rotatable bonds is 3. The Morgan fingerprint density at radius 1 is 1.37 bits per heavy atom. The topological polar surface area (TPSA) is 75.1 Å². The van der Waals surface area contributed by atoms with E-state index in [1.807, 2.05) is 16.8 Å². The maximum Gasteiger partial charge on any atom is 0.337 e. The molecule has 0 saturated carbocycles. The number of para-hydroxylation sites is 1. The Kier molecular flexibility index (Phi) is 2.72. The van der Waals surface area contributed by atoms with Crippen LogP contribution in [0.1, 0.15) is 15.9 Å². The Morgan fingerprint density at radius 3 is 2.89 bits per heavy atom. The predicted molar refractivity (Wildman–Crippen MR) is 72.9 cm³/mol. The van der Waals surface area contributed by atoms with Crippen molar-refractivity contribution in [2.75, 3.05) is 0 Å². The number of carboxylic acids is 1. The SMILES string of the molecule is O=C(O)c1cccc2[nH]c(=O)n(Cc3ccsc3)c12. The Balaban J connectivity index is 2.25. The average molecular weight is 274 g/mol. The van der Waals surface area contributed by atoms with Crippen LogP contribution in [0.3, 0.4) is 0 Å². The van der Waals surface area contributed by atoms with Crippen LogP contribution in [0.25, 0.3) is 11.0 Å². The number of carbonyl (C=O) groups is 1. The summed E-state index contributed by atoms with van der Waals surface area (Å²) < 4.78 is 1.46.